The second kappa shape index (κ2) is 6.97. The van der Waals surface area contributed by atoms with Crippen LogP contribution in [0.4, 0.5) is 5.82 Å². The van der Waals surface area contributed by atoms with E-state index < -0.39 is 0 Å². The van der Waals surface area contributed by atoms with Crippen molar-refractivity contribution in [1.29, 1.82) is 0 Å². The molecule has 1 aliphatic carbocycles. The number of H-pyrrole nitrogens is 1. The molecule has 0 saturated carbocycles. The number of pyridine rings is 3. The highest BCUT2D eigenvalue weighted by molar-refractivity contribution is 5.89. The lowest BCUT2D eigenvalue weighted by Crippen LogP contribution is -2.46. The molecule has 1 unspecified atom stereocenters. The van der Waals surface area contributed by atoms with Crippen molar-refractivity contribution in [1.82, 2.24) is 24.9 Å². The molecule has 1 atom stereocenters. The molecule has 0 radical (unpaired) electrons. The quantitative estimate of drug-likeness (QED) is 0.546. The molecule has 6 rings (SSSR count). The Morgan fingerprint density at radius 1 is 1.03 bits per heavy atom. The van der Waals surface area contributed by atoms with Crippen molar-refractivity contribution in [3.8, 4) is 11.4 Å². The third-order valence-corrected chi connectivity index (χ3v) is 6.69. The number of nitrogens with one attached hydrogen (secondary N) is 1. The molecule has 7 heteroatoms. The van der Waals surface area contributed by atoms with E-state index in [0.717, 1.165) is 72.3 Å². The summed E-state index contributed by atoms with van der Waals surface area (Å²) in [5.41, 5.74) is 3.42. The fourth-order valence-electron chi connectivity index (χ4n) is 5.24. The summed E-state index contributed by atoms with van der Waals surface area (Å²) in [5, 5.41) is 1.06. The third kappa shape index (κ3) is 2.91. The molecule has 5 heterocycles. The van der Waals surface area contributed by atoms with E-state index in [1.54, 1.807) is 12.4 Å². The van der Waals surface area contributed by atoms with Crippen LogP contribution in [0, 0.1) is 0 Å². The van der Waals surface area contributed by atoms with Crippen LogP contribution in [-0.2, 0) is 11.8 Å². The topological polar surface area (TPSA) is 87.7 Å². The number of hydrogen-bond donors (Lipinski definition) is 1. The first-order valence-electron chi connectivity index (χ1n) is 10.7. The second-order valence-corrected chi connectivity index (χ2v) is 8.49. The molecule has 1 N–H and O–H groups in total. The van der Waals surface area contributed by atoms with Gasteiger partial charge in [0.1, 0.15) is 11.6 Å². The Kier molecular flexibility index (Phi) is 4.09. The zero-order chi connectivity index (χ0) is 20.8. The van der Waals surface area contributed by atoms with Crippen LogP contribution >= 0.6 is 0 Å². The predicted octanol–water partition coefficient (Wildman–Crippen LogP) is 3.26. The molecule has 4 aromatic heterocycles. The Hall–Kier alpha value is -3.61. The summed E-state index contributed by atoms with van der Waals surface area (Å²) in [6.07, 6.45) is 10.9. The zero-order valence-corrected chi connectivity index (χ0v) is 17.1. The minimum absolute atomic E-state index is 0.0228. The first-order valence-corrected chi connectivity index (χ1v) is 10.7. The van der Waals surface area contributed by atoms with Crippen LogP contribution in [-0.4, -0.2) is 38.0 Å². The van der Waals surface area contributed by atoms with Crippen molar-refractivity contribution >= 4 is 16.7 Å². The van der Waals surface area contributed by atoms with E-state index >= 15 is 0 Å². The number of aromatic amines is 1. The number of aromatic nitrogens is 5. The Morgan fingerprint density at radius 2 is 1.97 bits per heavy atom. The van der Waals surface area contributed by atoms with Gasteiger partial charge in [-0.1, -0.05) is 0 Å². The van der Waals surface area contributed by atoms with Gasteiger partial charge >= 0.3 is 0 Å². The van der Waals surface area contributed by atoms with Gasteiger partial charge in [-0.3, -0.25) is 14.8 Å². The smallest absolute Gasteiger partial charge is 0.254 e. The van der Waals surface area contributed by atoms with E-state index in [1.807, 2.05) is 36.7 Å². The van der Waals surface area contributed by atoms with Gasteiger partial charge in [0.2, 0.25) is 0 Å². The second-order valence-electron chi connectivity index (χ2n) is 8.49. The SMILES string of the molecule is O=c1[nH]c(-c2cccnc2)nc2c1CCC21CCCN(c2nccc3ncccc23)C1. The maximum Gasteiger partial charge on any atom is 0.254 e. The van der Waals surface area contributed by atoms with E-state index in [-0.39, 0.29) is 11.0 Å². The fourth-order valence-corrected chi connectivity index (χ4v) is 5.24. The summed E-state index contributed by atoms with van der Waals surface area (Å²) in [5.74, 6) is 1.57. The number of fused-ring (bicyclic) bond motifs is 3. The minimum atomic E-state index is -0.134. The Balaban J connectivity index is 1.44. The lowest BCUT2D eigenvalue weighted by molar-refractivity contribution is 0.334. The van der Waals surface area contributed by atoms with Crippen LogP contribution in [0.3, 0.4) is 0 Å². The van der Waals surface area contributed by atoms with Gasteiger partial charge in [0.15, 0.2) is 0 Å². The molecule has 4 aromatic rings. The van der Waals surface area contributed by atoms with E-state index in [2.05, 4.69) is 25.9 Å². The van der Waals surface area contributed by atoms with Gasteiger partial charge in [-0.15, -0.1) is 0 Å². The molecule has 0 bridgehead atoms. The molecular formula is C24H22N6O. The molecule has 154 valence electrons. The van der Waals surface area contributed by atoms with Gasteiger partial charge < -0.3 is 9.88 Å². The standard InChI is InChI=1S/C24H22N6O/c31-23-18-6-9-24(20(18)28-21(29-23)16-4-1-10-25-14-16)8-3-13-30(15-24)22-17-5-2-11-26-19(17)7-12-27-22/h1-2,4-5,7,10-12,14H,3,6,8-9,13,15H2,(H,28,29,31). The third-order valence-electron chi connectivity index (χ3n) is 6.69. The van der Waals surface area contributed by atoms with Crippen LogP contribution < -0.4 is 10.5 Å². The summed E-state index contributed by atoms with van der Waals surface area (Å²) >= 11 is 0. The highest BCUT2D eigenvalue weighted by Gasteiger charge is 2.45. The average Bonchev–Trinajstić information content (AvgIpc) is 3.17. The van der Waals surface area contributed by atoms with Crippen LogP contribution in [0.2, 0.25) is 0 Å². The Labute approximate surface area is 179 Å². The molecule has 0 amide bonds. The molecule has 1 fully saturated rings. The van der Waals surface area contributed by atoms with Crippen LogP contribution in [0.25, 0.3) is 22.3 Å². The van der Waals surface area contributed by atoms with Crippen molar-refractivity contribution in [3.05, 3.63) is 76.7 Å². The summed E-state index contributed by atoms with van der Waals surface area (Å²) < 4.78 is 0. The molecule has 1 aliphatic heterocycles. The number of piperidine rings is 1. The molecular weight excluding hydrogens is 388 g/mol. The van der Waals surface area contributed by atoms with Crippen molar-refractivity contribution in [2.24, 2.45) is 0 Å². The van der Waals surface area contributed by atoms with Gasteiger partial charge in [-0.05, 0) is 56.0 Å². The van der Waals surface area contributed by atoms with Gasteiger partial charge in [0.25, 0.3) is 5.56 Å². The van der Waals surface area contributed by atoms with Crippen LogP contribution in [0.15, 0.2) is 59.9 Å². The first kappa shape index (κ1) is 18.2. The lowest BCUT2D eigenvalue weighted by Gasteiger charge is -2.41. The van der Waals surface area contributed by atoms with E-state index in [1.165, 1.54) is 0 Å². The van der Waals surface area contributed by atoms with Gasteiger partial charge in [0.05, 0.1) is 11.2 Å². The highest BCUT2D eigenvalue weighted by atomic mass is 16.1. The summed E-state index contributed by atoms with van der Waals surface area (Å²) in [4.78, 5) is 36.6. The monoisotopic (exact) mass is 410 g/mol. The highest BCUT2D eigenvalue weighted by Crippen LogP contribution is 2.44. The maximum absolute atomic E-state index is 12.9. The average molecular weight is 410 g/mol. The first-order chi connectivity index (χ1) is 15.2. The molecule has 7 nitrogen and oxygen atoms in total. The Bertz CT molecular complexity index is 1330. The molecule has 1 spiro atoms. The summed E-state index contributed by atoms with van der Waals surface area (Å²) in [6, 6.07) is 9.78. The zero-order valence-electron chi connectivity index (χ0n) is 17.1. The number of hydrogen-bond acceptors (Lipinski definition) is 6. The largest absolute Gasteiger partial charge is 0.355 e. The van der Waals surface area contributed by atoms with E-state index in [0.29, 0.717) is 5.82 Å². The van der Waals surface area contributed by atoms with Crippen molar-refractivity contribution in [2.75, 3.05) is 18.0 Å². The number of nitrogens with zero attached hydrogens (tertiary/aromatic N) is 5. The van der Waals surface area contributed by atoms with Crippen LogP contribution in [0.1, 0.15) is 30.5 Å². The van der Waals surface area contributed by atoms with Gasteiger partial charge in [0, 0.05) is 59.8 Å². The van der Waals surface area contributed by atoms with Gasteiger partial charge in [-0.25, -0.2) is 9.97 Å². The van der Waals surface area contributed by atoms with Crippen LogP contribution in [0.5, 0.6) is 0 Å². The molecule has 2 aliphatic rings. The molecule has 0 aromatic carbocycles. The molecule has 1 saturated heterocycles. The minimum Gasteiger partial charge on any atom is -0.355 e. The van der Waals surface area contributed by atoms with Crippen molar-refractivity contribution < 1.29 is 0 Å². The van der Waals surface area contributed by atoms with E-state index in [4.69, 9.17) is 9.97 Å². The van der Waals surface area contributed by atoms with Crippen molar-refractivity contribution in [2.45, 2.75) is 31.1 Å². The summed E-state index contributed by atoms with van der Waals surface area (Å²) in [7, 11) is 0. The Morgan fingerprint density at radius 3 is 2.87 bits per heavy atom. The van der Waals surface area contributed by atoms with Crippen molar-refractivity contribution in [3.63, 3.8) is 0 Å². The van der Waals surface area contributed by atoms with Gasteiger partial charge in [-0.2, -0.15) is 0 Å². The maximum atomic E-state index is 12.9. The van der Waals surface area contributed by atoms with E-state index in [9.17, 15) is 4.79 Å². The normalized spacial score (nSPS) is 20.3. The lowest BCUT2D eigenvalue weighted by atomic mass is 9.77. The number of rotatable bonds is 2. The predicted molar refractivity (Wildman–Crippen MR) is 119 cm³/mol. The number of anilines is 1. The fraction of sp³-hybridized carbons (Fsp3) is 0.292. The molecule has 31 heavy (non-hydrogen) atoms. The summed E-state index contributed by atoms with van der Waals surface area (Å²) in [6.45, 7) is 1.75.